The summed E-state index contributed by atoms with van der Waals surface area (Å²) < 4.78 is 23.3. The molecule has 6 heteroatoms. The van der Waals surface area contributed by atoms with Crippen molar-refractivity contribution < 1.29 is 18.3 Å². The minimum Gasteiger partial charge on any atom is -0.461 e. The molecule has 1 aromatic heterocycles. The van der Waals surface area contributed by atoms with Gasteiger partial charge >= 0.3 is 5.97 Å². The molecule has 19 heavy (non-hydrogen) atoms. The van der Waals surface area contributed by atoms with Gasteiger partial charge in [0.05, 0.1) is 11.6 Å². The number of esters is 1. The Kier molecular flexibility index (Phi) is 3.85. The minimum absolute atomic E-state index is 0.0361. The monoisotopic (exact) mass is 283 g/mol. The summed E-state index contributed by atoms with van der Waals surface area (Å²) in [5, 5.41) is -0.0361. The Morgan fingerprint density at radius 1 is 1.53 bits per heavy atom. The lowest BCUT2D eigenvalue weighted by Gasteiger charge is -1.97. The Morgan fingerprint density at radius 3 is 2.89 bits per heavy atom. The number of benzene rings is 1. The number of ether oxygens (including phenoxy) is 1. The van der Waals surface area contributed by atoms with E-state index in [1.54, 1.807) is 13.8 Å². The van der Waals surface area contributed by atoms with Crippen molar-refractivity contribution >= 4 is 17.6 Å². The van der Waals surface area contributed by atoms with E-state index >= 15 is 0 Å². The average molecular weight is 284 g/mol. The Bertz CT molecular complexity index is 624. The number of hydrogen-bond acceptors (Lipinski definition) is 4. The van der Waals surface area contributed by atoms with E-state index in [-0.39, 0.29) is 23.2 Å². The summed E-state index contributed by atoms with van der Waals surface area (Å²) >= 11 is 5.69. The van der Waals surface area contributed by atoms with Gasteiger partial charge in [0.25, 0.3) is 0 Å². The Labute approximate surface area is 114 Å². The highest BCUT2D eigenvalue weighted by atomic mass is 35.5. The number of carbonyl (C=O) groups is 1. The third-order valence-electron chi connectivity index (χ3n) is 2.43. The molecule has 0 unspecified atom stereocenters. The van der Waals surface area contributed by atoms with Gasteiger partial charge in [0.1, 0.15) is 11.6 Å². The van der Waals surface area contributed by atoms with Crippen molar-refractivity contribution in [3.8, 4) is 11.5 Å². The number of halogens is 2. The summed E-state index contributed by atoms with van der Waals surface area (Å²) in [5.74, 6) is -0.543. The van der Waals surface area contributed by atoms with Crippen LogP contribution in [-0.2, 0) is 4.74 Å². The van der Waals surface area contributed by atoms with Gasteiger partial charge in [-0.05, 0) is 32.0 Å². The second kappa shape index (κ2) is 5.40. The van der Waals surface area contributed by atoms with Crippen LogP contribution in [0.4, 0.5) is 4.39 Å². The van der Waals surface area contributed by atoms with E-state index < -0.39 is 11.8 Å². The van der Waals surface area contributed by atoms with E-state index in [4.69, 9.17) is 20.8 Å². The molecular weight excluding hydrogens is 273 g/mol. The summed E-state index contributed by atoms with van der Waals surface area (Å²) in [6.07, 6.45) is 0. The molecule has 0 spiro atoms. The van der Waals surface area contributed by atoms with Crippen LogP contribution < -0.4 is 0 Å². The van der Waals surface area contributed by atoms with Crippen LogP contribution in [0.25, 0.3) is 11.5 Å². The highest BCUT2D eigenvalue weighted by Crippen LogP contribution is 2.26. The van der Waals surface area contributed by atoms with Crippen molar-refractivity contribution in [3.63, 3.8) is 0 Å². The van der Waals surface area contributed by atoms with Gasteiger partial charge in [-0.2, -0.15) is 0 Å². The average Bonchev–Trinajstić information content (AvgIpc) is 2.75. The number of nitrogens with zero attached hydrogens (tertiary/aromatic N) is 1. The minimum atomic E-state index is -0.553. The summed E-state index contributed by atoms with van der Waals surface area (Å²) in [6.45, 7) is 3.56. The van der Waals surface area contributed by atoms with Crippen LogP contribution >= 0.6 is 11.6 Å². The number of aromatic nitrogens is 1. The van der Waals surface area contributed by atoms with E-state index in [1.165, 1.54) is 18.2 Å². The van der Waals surface area contributed by atoms with Crippen molar-refractivity contribution in [1.29, 1.82) is 0 Å². The van der Waals surface area contributed by atoms with Gasteiger partial charge in [-0.3, -0.25) is 0 Å². The topological polar surface area (TPSA) is 52.3 Å². The molecule has 0 aliphatic carbocycles. The van der Waals surface area contributed by atoms with E-state index in [9.17, 15) is 9.18 Å². The third kappa shape index (κ3) is 2.76. The molecule has 0 N–H and O–H groups in total. The molecule has 0 bridgehead atoms. The van der Waals surface area contributed by atoms with Crippen molar-refractivity contribution in [2.24, 2.45) is 0 Å². The molecule has 0 saturated carbocycles. The Morgan fingerprint density at radius 2 is 2.26 bits per heavy atom. The van der Waals surface area contributed by atoms with Gasteiger partial charge in [-0.1, -0.05) is 11.6 Å². The predicted molar refractivity (Wildman–Crippen MR) is 67.6 cm³/mol. The van der Waals surface area contributed by atoms with Crippen molar-refractivity contribution in [2.75, 3.05) is 6.61 Å². The highest BCUT2D eigenvalue weighted by molar-refractivity contribution is 6.31. The zero-order chi connectivity index (χ0) is 14.0. The number of carbonyl (C=O) groups excluding carboxylic acids is 1. The van der Waals surface area contributed by atoms with Crippen LogP contribution in [0, 0.1) is 12.7 Å². The van der Waals surface area contributed by atoms with Gasteiger partial charge in [0.15, 0.2) is 5.69 Å². The standard InChI is InChI=1S/C13H11ClFNO3/c1-3-18-13(17)11-7(2)19-12(16-11)8-4-5-10(15)9(14)6-8/h4-6H,3H2,1-2H3. The van der Waals surface area contributed by atoms with Crippen molar-refractivity contribution in [2.45, 2.75) is 13.8 Å². The van der Waals surface area contributed by atoms with Gasteiger partial charge in [0, 0.05) is 5.56 Å². The fraction of sp³-hybridized carbons (Fsp3) is 0.231. The smallest absolute Gasteiger partial charge is 0.360 e. The molecule has 0 atom stereocenters. The molecule has 0 saturated heterocycles. The first-order chi connectivity index (χ1) is 9.02. The van der Waals surface area contributed by atoms with Gasteiger partial charge in [0.2, 0.25) is 5.89 Å². The lowest BCUT2D eigenvalue weighted by molar-refractivity contribution is 0.0518. The second-order valence-corrected chi connectivity index (χ2v) is 4.18. The quantitative estimate of drug-likeness (QED) is 0.807. The number of oxazole rings is 1. The molecule has 4 nitrogen and oxygen atoms in total. The van der Waals surface area contributed by atoms with Crippen LogP contribution in [0.2, 0.25) is 5.02 Å². The summed E-state index contributed by atoms with van der Waals surface area (Å²) in [7, 11) is 0. The molecule has 2 rings (SSSR count). The van der Waals surface area contributed by atoms with Crippen molar-refractivity contribution in [1.82, 2.24) is 4.98 Å². The van der Waals surface area contributed by atoms with Crippen molar-refractivity contribution in [3.05, 3.63) is 40.5 Å². The molecule has 0 aliphatic rings. The molecule has 0 amide bonds. The van der Waals surface area contributed by atoms with Crippen LogP contribution in [0.5, 0.6) is 0 Å². The molecule has 1 heterocycles. The first-order valence-electron chi connectivity index (χ1n) is 5.63. The number of rotatable bonds is 3. The fourth-order valence-corrected chi connectivity index (χ4v) is 1.72. The van der Waals surface area contributed by atoms with Gasteiger partial charge < -0.3 is 9.15 Å². The second-order valence-electron chi connectivity index (χ2n) is 3.77. The van der Waals surface area contributed by atoms with E-state index in [2.05, 4.69) is 4.98 Å². The molecule has 1 aromatic carbocycles. The SMILES string of the molecule is CCOC(=O)c1nc(-c2ccc(F)c(Cl)c2)oc1C. The molecule has 0 fully saturated rings. The summed E-state index contributed by atoms with van der Waals surface area (Å²) in [6, 6.07) is 4.07. The largest absolute Gasteiger partial charge is 0.461 e. The Hall–Kier alpha value is -1.88. The summed E-state index contributed by atoms with van der Waals surface area (Å²) in [4.78, 5) is 15.6. The maximum absolute atomic E-state index is 13.1. The van der Waals surface area contributed by atoms with E-state index in [0.29, 0.717) is 11.3 Å². The zero-order valence-corrected chi connectivity index (χ0v) is 11.1. The fourth-order valence-electron chi connectivity index (χ4n) is 1.54. The molecule has 0 aliphatic heterocycles. The number of hydrogen-bond donors (Lipinski definition) is 0. The van der Waals surface area contributed by atoms with Crippen LogP contribution in [0.3, 0.4) is 0 Å². The van der Waals surface area contributed by atoms with E-state index in [0.717, 1.165) is 0 Å². The van der Waals surface area contributed by atoms with Crippen LogP contribution in [0.1, 0.15) is 23.2 Å². The van der Waals surface area contributed by atoms with Gasteiger partial charge in [-0.25, -0.2) is 14.2 Å². The van der Waals surface area contributed by atoms with Crippen LogP contribution in [-0.4, -0.2) is 17.6 Å². The maximum atomic E-state index is 13.1. The first kappa shape index (κ1) is 13.5. The summed E-state index contributed by atoms with van der Waals surface area (Å²) in [5.41, 5.74) is 0.599. The lowest BCUT2D eigenvalue weighted by Crippen LogP contribution is -2.06. The Balaban J connectivity index is 2.38. The molecule has 0 radical (unpaired) electrons. The highest BCUT2D eigenvalue weighted by Gasteiger charge is 2.19. The molecule has 100 valence electrons. The first-order valence-corrected chi connectivity index (χ1v) is 6.00. The van der Waals surface area contributed by atoms with Crippen LogP contribution in [0.15, 0.2) is 22.6 Å². The lowest BCUT2D eigenvalue weighted by atomic mass is 10.2. The van der Waals surface area contributed by atoms with Gasteiger partial charge in [-0.15, -0.1) is 0 Å². The number of aryl methyl sites for hydroxylation is 1. The van der Waals surface area contributed by atoms with E-state index in [1.807, 2.05) is 0 Å². The zero-order valence-electron chi connectivity index (χ0n) is 10.4. The normalized spacial score (nSPS) is 10.5. The maximum Gasteiger partial charge on any atom is 0.360 e. The third-order valence-corrected chi connectivity index (χ3v) is 2.72. The molecule has 2 aromatic rings. The predicted octanol–water partition coefficient (Wildman–Crippen LogP) is 3.62. The molecular formula is C13H11ClFNO3.